The van der Waals surface area contributed by atoms with Crippen LogP contribution in [0.1, 0.15) is 10.4 Å². The molecule has 0 unspecified atom stereocenters. The lowest BCUT2D eigenvalue weighted by Crippen LogP contribution is -2.28. The van der Waals surface area contributed by atoms with Gasteiger partial charge >= 0.3 is 0 Å². The summed E-state index contributed by atoms with van der Waals surface area (Å²) in [6.07, 6.45) is 0. The third-order valence-electron chi connectivity index (χ3n) is 3.82. The van der Waals surface area contributed by atoms with Gasteiger partial charge in [0.2, 0.25) is 0 Å². The SMILES string of the molecule is O=C(NCCOc1cccc(Cl)c1Cl)c1ccccc1-c1ccccc1. The summed E-state index contributed by atoms with van der Waals surface area (Å²) in [5, 5.41) is 3.68. The van der Waals surface area contributed by atoms with Gasteiger partial charge in [-0.2, -0.15) is 0 Å². The maximum atomic E-state index is 12.6. The summed E-state index contributed by atoms with van der Waals surface area (Å²) in [5.74, 6) is 0.350. The van der Waals surface area contributed by atoms with Crippen LogP contribution in [-0.4, -0.2) is 19.1 Å². The monoisotopic (exact) mass is 385 g/mol. The number of benzene rings is 3. The molecule has 1 amide bonds. The minimum absolute atomic E-state index is 0.148. The van der Waals surface area contributed by atoms with E-state index in [1.807, 2.05) is 54.6 Å². The first-order chi connectivity index (χ1) is 12.7. The number of nitrogens with one attached hydrogen (secondary N) is 1. The van der Waals surface area contributed by atoms with Gasteiger partial charge in [-0.25, -0.2) is 0 Å². The summed E-state index contributed by atoms with van der Waals surface area (Å²) >= 11 is 12.0. The van der Waals surface area contributed by atoms with Crippen molar-refractivity contribution in [2.75, 3.05) is 13.2 Å². The number of ether oxygens (including phenoxy) is 1. The summed E-state index contributed by atoms with van der Waals surface area (Å²) in [4.78, 5) is 12.6. The van der Waals surface area contributed by atoms with Crippen molar-refractivity contribution >= 4 is 29.1 Å². The number of halogens is 2. The quantitative estimate of drug-likeness (QED) is 0.571. The van der Waals surface area contributed by atoms with Gasteiger partial charge in [-0.15, -0.1) is 0 Å². The Kier molecular flexibility index (Phi) is 6.16. The van der Waals surface area contributed by atoms with Crippen LogP contribution in [0.4, 0.5) is 0 Å². The van der Waals surface area contributed by atoms with Gasteiger partial charge in [0.1, 0.15) is 17.4 Å². The number of rotatable bonds is 6. The van der Waals surface area contributed by atoms with E-state index in [4.69, 9.17) is 27.9 Å². The molecule has 0 aliphatic rings. The molecule has 0 aromatic heterocycles. The van der Waals surface area contributed by atoms with E-state index in [0.717, 1.165) is 11.1 Å². The molecule has 0 atom stereocenters. The molecule has 26 heavy (non-hydrogen) atoms. The zero-order chi connectivity index (χ0) is 18.4. The van der Waals surface area contributed by atoms with Crippen LogP contribution >= 0.6 is 23.2 Å². The van der Waals surface area contributed by atoms with E-state index in [9.17, 15) is 4.79 Å². The smallest absolute Gasteiger partial charge is 0.252 e. The van der Waals surface area contributed by atoms with Gasteiger partial charge in [0.25, 0.3) is 5.91 Å². The highest BCUT2D eigenvalue weighted by Gasteiger charge is 2.12. The summed E-state index contributed by atoms with van der Waals surface area (Å²) in [6, 6.07) is 22.5. The van der Waals surface area contributed by atoms with Crippen LogP contribution in [-0.2, 0) is 0 Å². The van der Waals surface area contributed by atoms with Crippen LogP contribution in [0, 0.1) is 0 Å². The van der Waals surface area contributed by atoms with Crippen LogP contribution in [0.5, 0.6) is 5.75 Å². The van der Waals surface area contributed by atoms with E-state index in [-0.39, 0.29) is 5.91 Å². The Hall–Kier alpha value is -2.49. The van der Waals surface area contributed by atoms with Crippen LogP contribution in [0.25, 0.3) is 11.1 Å². The first-order valence-electron chi connectivity index (χ1n) is 8.16. The zero-order valence-electron chi connectivity index (χ0n) is 13.9. The van der Waals surface area contributed by atoms with Gasteiger partial charge in [-0.3, -0.25) is 4.79 Å². The van der Waals surface area contributed by atoms with Crippen molar-refractivity contribution in [1.82, 2.24) is 5.32 Å². The van der Waals surface area contributed by atoms with Crippen molar-refractivity contribution in [1.29, 1.82) is 0 Å². The lowest BCUT2D eigenvalue weighted by Gasteiger charge is -2.12. The standard InChI is InChI=1S/C21H17Cl2NO2/c22-18-11-6-12-19(20(18)23)26-14-13-24-21(25)17-10-5-4-9-16(17)15-7-2-1-3-8-15/h1-12H,13-14H2,(H,24,25). The minimum Gasteiger partial charge on any atom is -0.490 e. The fourth-order valence-corrected chi connectivity index (χ4v) is 2.91. The molecule has 3 rings (SSSR count). The molecule has 1 N–H and O–H groups in total. The van der Waals surface area contributed by atoms with E-state index in [0.29, 0.717) is 34.5 Å². The molecule has 0 radical (unpaired) electrons. The second-order valence-corrected chi connectivity index (χ2v) is 6.35. The van der Waals surface area contributed by atoms with Crippen molar-refractivity contribution in [2.45, 2.75) is 0 Å². The zero-order valence-corrected chi connectivity index (χ0v) is 15.4. The fraction of sp³-hybridized carbons (Fsp3) is 0.0952. The normalized spacial score (nSPS) is 10.4. The predicted octanol–water partition coefficient (Wildman–Crippen LogP) is 5.47. The number of carbonyl (C=O) groups is 1. The van der Waals surface area contributed by atoms with Crippen LogP contribution in [0.3, 0.4) is 0 Å². The Balaban J connectivity index is 1.62. The summed E-state index contributed by atoms with van der Waals surface area (Å²) < 4.78 is 5.59. The Labute approximate surface area is 162 Å². The van der Waals surface area contributed by atoms with Crippen LogP contribution < -0.4 is 10.1 Å². The Morgan fingerprint density at radius 2 is 1.62 bits per heavy atom. The summed E-state index contributed by atoms with van der Waals surface area (Å²) in [6.45, 7) is 0.643. The van der Waals surface area contributed by atoms with Crippen molar-refractivity contribution in [2.24, 2.45) is 0 Å². The number of amides is 1. The molecule has 0 saturated carbocycles. The Bertz CT molecular complexity index is 898. The van der Waals surface area contributed by atoms with Crippen LogP contribution in [0.15, 0.2) is 72.8 Å². The van der Waals surface area contributed by atoms with E-state index < -0.39 is 0 Å². The highest BCUT2D eigenvalue weighted by molar-refractivity contribution is 6.42. The highest BCUT2D eigenvalue weighted by atomic mass is 35.5. The van der Waals surface area contributed by atoms with Crippen molar-refractivity contribution in [3.05, 3.63) is 88.4 Å². The first kappa shape index (κ1) is 18.3. The summed E-state index contributed by atoms with van der Waals surface area (Å²) in [7, 11) is 0. The lowest BCUT2D eigenvalue weighted by molar-refractivity contribution is 0.0947. The number of hydrogen-bond donors (Lipinski definition) is 1. The van der Waals surface area contributed by atoms with E-state index in [1.165, 1.54) is 0 Å². The Morgan fingerprint density at radius 1 is 0.885 bits per heavy atom. The molecule has 0 aliphatic carbocycles. The molecule has 0 heterocycles. The second kappa shape index (κ2) is 8.75. The molecular formula is C21H17Cl2NO2. The van der Waals surface area contributed by atoms with Crippen molar-refractivity contribution < 1.29 is 9.53 Å². The minimum atomic E-state index is -0.148. The maximum Gasteiger partial charge on any atom is 0.252 e. The molecule has 132 valence electrons. The molecule has 0 bridgehead atoms. The van der Waals surface area contributed by atoms with E-state index in [1.54, 1.807) is 18.2 Å². The molecular weight excluding hydrogens is 369 g/mol. The van der Waals surface area contributed by atoms with Gasteiger partial charge in [0.05, 0.1) is 11.6 Å². The largest absolute Gasteiger partial charge is 0.490 e. The van der Waals surface area contributed by atoms with Gasteiger partial charge in [0, 0.05) is 5.56 Å². The lowest BCUT2D eigenvalue weighted by atomic mass is 9.99. The average Bonchev–Trinajstić information content (AvgIpc) is 2.69. The molecule has 3 aromatic carbocycles. The molecule has 3 aromatic rings. The van der Waals surface area contributed by atoms with Gasteiger partial charge in [0.15, 0.2) is 0 Å². The molecule has 3 nitrogen and oxygen atoms in total. The molecule has 0 aliphatic heterocycles. The predicted molar refractivity (Wildman–Crippen MR) is 106 cm³/mol. The maximum absolute atomic E-state index is 12.6. The second-order valence-electron chi connectivity index (χ2n) is 5.57. The third-order valence-corrected chi connectivity index (χ3v) is 4.62. The number of carbonyl (C=O) groups excluding carboxylic acids is 1. The topological polar surface area (TPSA) is 38.3 Å². The van der Waals surface area contributed by atoms with E-state index >= 15 is 0 Å². The van der Waals surface area contributed by atoms with Crippen LogP contribution in [0.2, 0.25) is 10.0 Å². The van der Waals surface area contributed by atoms with Gasteiger partial charge in [-0.1, -0.05) is 77.8 Å². The molecule has 5 heteroatoms. The van der Waals surface area contributed by atoms with Gasteiger partial charge < -0.3 is 10.1 Å². The average molecular weight is 386 g/mol. The Morgan fingerprint density at radius 3 is 2.42 bits per heavy atom. The summed E-state index contributed by atoms with van der Waals surface area (Å²) in [5.41, 5.74) is 2.52. The van der Waals surface area contributed by atoms with Gasteiger partial charge in [-0.05, 0) is 29.3 Å². The van der Waals surface area contributed by atoms with Crippen molar-refractivity contribution in [3.8, 4) is 16.9 Å². The third kappa shape index (κ3) is 4.37. The van der Waals surface area contributed by atoms with E-state index in [2.05, 4.69) is 5.32 Å². The molecule has 0 fully saturated rings. The highest BCUT2D eigenvalue weighted by Crippen LogP contribution is 2.31. The molecule has 0 spiro atoms. The number of hydrogen-bond acceptors (Lipinski definition) is 2. The first-order valence-corrected chi connectivity index (χ1v) is 8.92. The molecule has 0 saturated heterocycles. The van der Waals surface area contributed by atoms with Crippen molar-refractivity contribution in [3.63, 3.8) is 0 Å². The fourth-order valence-electron chi connectivity index (χ4n) is 2.57.